The van der Waals surface area contributed by atoms with E-state index in [2.05, 4.69) is 20.8 Å². The maximum atomic E-state index is 12.4. The van der Waals surface area contributed by atoms with E-state index in [1.165, 1.54) is 0 Å². The number of rotatable bonds is 2. The van der Waals surface area contributed by atoms with E-state index in [1.807, 2.05) is 0 Å². The summed E-state index contributed by atoms with van der Waals surface area (Å²) >= 11 is 0. The Morgan fingerprint density at radius 3 is 2.77 bits per heavy atom. The van der Waals surface area contributed by atoms with Crippen molar-refractivity contribution in [3.63, 3.8) is 0 Å². The molecule has 2 aromatic rings. The maximum absolute atomic E-state index is 12.4. The van der Waals surface area contributed by atoms with Gasteiger partial charge in [0, 0.05) is 12.5 Å². The van der Waals surface area contributed by atoms with E-state index in [0.717, 1.165) is 0 Å². The Bertz CT molecular complexity index is 840. The number of nitrogens with one attached hydrogen (secondary N) is 2. The highest BCUT2D eigenvalue weighted by Crippen LogP contribution is 2.32. The smallest absolute Gasteiger partial charge is 0.408 e. The van der Waals surface area contributed by atoms with Crippen molar-refractivity contribution in [2.45, 2.75) is 39.3 Å². The van der Waals surface area contributed by atoms with Crippen LogP contribution < -0.4 is 15.4 Å². The van der Waals surface area contributed by atoms with E-state index < -0.39 is 23.6 Å². The Hall–Kier alpha value is -3.10. The monoisotopic (exact) mass is 360 g/mol. The van der Waals surface area contributed by atoms with Crippen molar-refractivity contribution >= 4 is 17.7 Å². The third kappa shape index (κ3) is 4.11. The minimum Gasteiger partial charge on any atom is -0.489 e. The molecule has 2 heterocycles. The molecule has 9 nitrogen and oxygen atoms in total. The number of nitrogens with zero attached hydrogens (tertiary/aromatic N) is 2. The molecule has 0 fully saturated rings. The van der Waals surface area contributed by atoms with Crippen molar-refractivity contribution in [2.24, 2.45) is 0 Å². The number of aryl methyl sites for hydroxylation is 1. The summed E-state index contributed by atoms with van der Waals surface area (Å²) in [6.45, 7) is 6.90. The summed E-state index contributed by atoms with van der Waals surface area (Å²) in [4.78, 5) is 24.3. The molecule has 1 unspecified atom stereocenters. The molecule has 0 spiro atoms. The Morgan fingerprint density at radius 1 is 1.35 bits per heavy atom. The zero-order chi connectivity index (χ0) is 18.9. The van der Waals surface area contributed by atoms with Gasteiger partial charge in [-0.15, -0.1) is 10.2 Å². The molecule has 26 heavy (non-hydrogen) atoms. The van der Waals surface area contributed by atoms with Crippen molar-refractivity contribution in [1.29, 1.82) is 0 Å². The van der Waals surface area contributed by atoms with Gasteiger partial charge in [-0.25, -0.2) is 4.79 Å². The summed E-state index contributed by atoms with van der Waals surface area (Å²) < 4.78 is 16.2. The number of hydrogen-bond donors (Lipinski definition) is 2. The molecule has 0 saturated carbocycles. The molecule has 0 radical (unpaired) electrons. The number of fused-ring (bicyclic) bond motifs is 1. The topological polar surface area (TPSA) is 116 Å². The summed E-state index contributed by atoms with van der Waals surface area (Å²) in [6, 6.07) is 4.24. The lowest BCUT2D eigenvalue weighted by molar-refractivity contribution is -0.118. The molecule has 1 atom stereocenters. The minimum absolute atomic E-state index is 0.0168. The number of benzene rings is 1. The fourth-order valence-electron chi connectivity index (χ4n) is 2.33. The average molecular weight is 360 g/mol. The van der Waals surface area contributed by atoms with Gasteiger partial charge in [0.25, 0.3) is 5.91 Å². The van der Waals surface area contributed by atoms with Crippen LogP contribution in [0.15, 0.2) is 22.6 Å². The summed E-state index contributed by atoms with van der Waals surface area (Å²) in [5, 5.41) is 13.0. The number of carbonyl (C=O) groups is 2. The van der Waals surface area contributed by atoms with E-state index in [4.69, 9.17) is 13.9 Å². The molecule has 1 aliphatic heterocycles. The van der Waals surface area contributed by atoms with Gasteiger partial charge in [-0.1, -0.05) is 0 Å². The van der Waals surface area contributed by atoms with Crippen molar-refractivity contribution in [3.05, 3.63) is 24.1 Å². The van der Waals surface area contributed by atoms with E-state index in [9.17, 15) is 9.59 Å². The first-order chi connectivity index (χ1) is 12.2. The summed E-state index contributed by atoms with van der Waals surface area (Å²) in [5.41, 5.74) is 0.440. The Labute approximate surface area is 150 Å². The lowest BCUT2D eigenvalue weighted by atomic mass is 10.2. The lowest BCUT2D eigenvalue weighted by Gasteiger charge is -2.22. The van der Waals surface area contributed by atoms with Crippen molar-refractivity contribution < 1.29 is 23.5 Å². The van der Waals surface area contributed by atoms with Crippen LogP contribution in [-0.2, 0) is 9.53 Å². The predicted octanol–water partition coefficient (Wildman–Crippen LogP) is 2.27. The van der Waals surface area contributed by atoms with E-state index >= 15 is 0 Å². The molecular weight excluding hydrogens is 340 g/mol. The molecule has 1 aliphatic rings. The fourth-order valence-corrected chi connectivity index (χ4v) is 2.33. The highest BCUT2D eigenvalue weighted by molar-refractivity contribution is 5.99. The highest BCUT2D eigenvalue weighted by atomic mass is 16.6. The van der Waals surface area contributed by atoms with Crippen molar-refractivity contribution in [3.8, 4) is 17.2 Å². The molecule has 3 rings (SSSR count). The van der Waals surface area contributed by atoms with Gasteiger partial charge in [0.05, 0.1) is 5.69 Å². The first-order valence-electron chi connectivity index (χ1n) is 8.09. The van der Waals surface area contributed by atoms with Crippen molar-refractivity contribution in [2.75, 3.05) is 11.9 Å². The second-order valence-electron chi connectivity index (χ2n) is 6.84. The predicted molar refractivity (Wildman–Crippen MR) is 91.8 cm³/mol. The molecule has 9 heteroatoms. The van der Waals surface area contributed by atoms with Crippen LogP contribution in [0.1, 0.15) is 26.7 Å². The fraction of sp³-hybridized carbons (Fsp3) is 0.412. The number of ether oxygens (including phenoxy) is 2. The molecular formula is C17H20N4O5. The van der Waals surface area contributed by atoms with Gasteiger partial charge in [-0.05, 0) is 39.0 Å². The van der Waals surface area contributed by atoms with Gasteiger partial charge in [0.1, 0.15) is 24.0 Å². The van der Waals surface area contributed by atoms with Gasteiger partial charge in [0.2, 0.25) is 11.8 Å². The van der Waals surface area contributed by atoms with Gasteiger partial charge < -0.3 is 24.5 Å². The van der Waals surface area contributed by atoms with E-state index in [-0.39, 0.29) is 6.61 Å². The molecule has 0 bridgehead atoms. The molecule has 1 aromatic heterocycles. The zero-order valence-corrected chi connectivity index (χ0v) is 15.0. The number of anilines is 1. The second kappa shape index (κ2) is 6.66. The van der Waals surface area contributed by atoms with Crippen LogP contribution in [0.25, 0.3) is 11.5 Å². The lowest BCUT2D eigenvalue weighted by Crippen LogP contribution is -2.48. The van der Waals surface area contributed by atoms with Crippen LogP contribution in [0.2, 0.25) is 0 Å². The molecule has 2 N–H and O–H groups in total. The van der Waals surface area contributed by atoms with Crippen molar-refractivity contribution in [1.82, 2.24) is 15.5 Å². The van der Waals surface area contributed by atoms with Crippen LogP contribution in [0.3, 0.4) is 0 Å². The van der Waals surface area contributed by atoms with E-state index in [0.29, 0.717) is 28.8 Å². The van der Waals surface area contributed by atoms with Gasteiger partial charge in [-0.2, -0.15) is 0 Å². The Morgan fingerprint density at radius 2 is 2.12 bits per heavy atom. The van der Waals surface area contributed by atoms with Crippen LogP contribution in [0.4, 0.5) is 10.5 Å². The highest BCUT2D eigenvalue weighted by Gasteiger charge is 2.28. The molecule has 1 aromatic carbocycles. The van der Waals surface area contributed by atoms with E-state index in [1.54, 1.807) is 45.9 Å². The SMILES string of the molecule is Cc1nnc(-c2ccc3c(c2)NC(=O)C(NC(=O)OC(C)(C)C)CO3)o1. The number of aromatic nitrogens is 2. The first-order valence-corrected chi connectivity index (χ1v) is 8.09. The Balaban J connectivity index is 1.74. The zero-order valence-electron chi connectivity index (χ0n) is 15.0. The van der Waals surface area contributed by atoms with Gasteiger partial charge >= 0.3 is 6.09 Å². The van der Waals surface area contributed by atoms with Crippen LogP contribution >= 0.6 is 0 Å². The largest absolute Gasteiger partial charge is 0.489 e. The quantitative estimate of drug-likeness (QED) is 0.844. The summed E-state index contributed by atoms with van der Waals surface area (Å²) in [6.07, 6.45) is -0.686. The van der Waals surface area contributed by atoms with Gasteiger partial charge in [-0.3, -0.25) is 4.79 Å². The number of hydrogen-bond acceptors (Lipinski definition) is 7. The number of amides is 2. The summed E-state index contributed by atoms with van der Waals surface area (Å²) in [7, 11) is 0. The minimum atomic E-state index is -0.883. The van der Waals surface area contributed by atoms with Crippen LogP contribution in [0, 0.1) is 6.92 Å². The molecule has 0 saturated heterocycles. The average Bonchev–Trinajstić information content (AvgIpc) is 2.90. The number of carbonyl (C=O) groups excluding carboxylic acids is 2. The molecule has 0 aliphatic carbocycles. The van der Waals surface area contributed by atoms with Gasteiger partial charge in [0.15, 0.2) is 0 Å². The molecule has 138 valence electrons. The maximum Gasteiger partial charge on any atom is 0.408 e. The van der Waals surface area contributed by atoms with Crippen LogP contribution in [0.5, 0.6) is 5.75 Å². The standard InChI is InChI=1S/C17H20N4O5/c1-9-20-21-15(25-9)10-5-6-13-11(7-10)18-14(22)12(8-24-13)19-16(23)26-17(2,3)4/h5-7,12H,8H2,1-4H3,(H,18,22)(H,19,23). The summed E-state index contributed by atoms with van der Waals surface area (Å²) in [5.74, 6) is 0.851. The first kappa shape index (κ1) is 17.7. The number of alkyl carbamates (subject to hydrolysis) is 1. The normalized spacial score (nSPS) is 16.8. The third-order valence-corrected chi connectivity index (χ3v) is 3.42. The second-order valence-corrected chi connectivity index (χ2v) is 6.84. The Kier molecular flexibility index (Phi) is 4.54. The molecule has 2 amide bonds. The van der Waals surface area contributed by atoms with Crippen LogP contribution in [-0.4, -0.2) is 40.4 Å². The third-order valence-electron chi connectivity index (χ3n) is 3.42.